The molecule has 0 aliphatic heterocycles. The van der Waals surface area contributed by atoms with Crippen molar-refractivity contribution in [3.05, 3.63) is 122 Å². The molecule has 0 spiro atoms. The maximum Gasteiger partial charge on any atom is 0.306 e. The van der Waals surface area contributed by atoms with Gasteiger partial charge in [0.05, 0.1) is 33.8 Å². The standard InChI is InChI=1S/C71H123N2O7P/c1-7-10-13-16-19-22-25-27-29-31-33-35-36-38-40-42-44-46-49-52-55-58-61-64-71(75)80-69(62-59-56-53-50-47-24-21-18-15-12-9-3)68(67-79-81(76,77)78-66-65-73(4,5)6)72-70(74)63-60-57-54-51-48-45-43-41-39-37-34-32-30-28-26-23-20-17-14-11-8-2/h11,14,19-20,22-23,27-30,33-35,37,41,43,48,51,59,62,68-69H,7-10,12-13,15-18,21,24-26,31-32,36,38-40,42,44-47,49-50,52-58,60-61,63-67H2,1-6H3,(H-,72,74,76,77)/b14-11-,22-19-,23-20-,29-27-,30-28-,35-33-,37-34-,43-41-,51-48-,62-59+. The highest BCUT2D eigenvalue weighted by Gasteiger charge is 2.27. The number of nitrogens with zero attached hydrogens (tertiary/aromatic N) is 1. The van der Waals surface area contributed by atoms with Crippen molar-refractivity contribution < 1.29 is 37.3 Å². The topological polar surface area (TPSA) is 114 Å². The van der Waals surface area contributed by atoms with E-state index in [1.807, 2.05) is 33.3 Å². The van der Waals surface area contributed by atoms with Crippen molar-refractivity contribution in [3.63, 3.8) is 0 Å². The third kappa shape index (κ3) is 60.8. The van der Waals surface area contributed by atoms with Gasteiger partial charge in [0.1, 0.15) is 19.3 Å². The number of allylic oxidation sites excluding steroid dienone is 19. The number of phosphoric acid groups is 1. The Morgan fingerprint density at radius 1 is 0.444 bits per heavy atom. The molecule has 0 bridgehead atoms. The average molecular weight is 1150 g/mol. The van der Waals surface area contributed by atoms with Gasteiger partial charge >= 0.3 is 5.97 Å². The smallest absolute Gasteiger partial charge is 0.306 e. The van der Waals surface area contributed by atoms with Crippen LogP contribution < -0.4 is 10.2 Å². The molecule has 0 aliphatic carbocycles. The lowest BCUT2D eigenvalue weighted by Gasteiger charge is -2.30. The molecular weight excluding hydrogens is 1020 g/mol. The van der Waals surface area contributed by atoms with Crippen LogP contribution in [0.1, 0.15) is 265 Å². The third-order valence-electron chi connectivity index (χ3n) is 13.9. The van der Waals surface area contributed by atoms with E-state index in [-0.39, 0.29) is 31.3 Å². The lowest BCUT2D eigenvalue weighted by atomic mass is 10.0. The molecule has 3 atom stereocenters. The van der Waals surface area contributed by atoms with Crippen LogP contribution in [0.5, 0.6) is 0 Å². The van der Waals surface area contributed by atoms with Gasteiger partial charge in [0.15, 0.2) is 0 Å². The Morgan fingerprint density at radius 2 is 0.790 bits per heavy atom. The van der Waals surface area contributed by atoms with Crippen molar-refractivity contribution in [2.45, 2.75) is 277 Å². The molecule has 0 saturated heterocycles. The van der Waals surface area contributed by atoms with Crippen LogP contribution in [0.4, 0.5) is 0 Å². The summed E-state index contributed by atoms with van der Waals surface area (Å²) in [4.78, 5) is 40.0. The Hall–Kier alpha value is -3.59. The van der Waals surface area contributed by atoms with Gasteiger partial charge in [-0.25, -0.2) is 0 Å². The summed E-state index contributed by atoms with van der Waals surface area (Å²) < 4.78 is 30.3. The van der Waals surface area contributed by atoms with E-state index >= 15 is 0 Å². The van der Waals surface area contributed by atoms with E-state index < -0.39 is 26.6 Å². The Morgan fingerprint density at radius 3 is 1.22 bits per heavy atom. The zero-order valence-corrected chi connectivity index (χ0v) is 53.8. The molecule has 0 rings (SSSR count). The molecule has 464 valence electrons. The first-order valence-corrected chi connectivity index (χ1v) is 34.3. The molecule has 10 heteroatoms. The molecule has 0 aromatic heterocycles. The Kier molecular flexibility index (Phi) is 56.9. The summed E-state index contributed by atoms with van der Waals surface area (Å²) in [7, 11) is 1.14. The Bertz CT molecular complexity index is 1800. The van der Waals surface area contributed by atoms with E-state index in [0.29, 0.717) is 23.9 Å². The van der Waals surface area contributed by atoms with Gasteiger partial charge in [0.25, 0.3) is 7.82 Å². The monoisotopic (exact) mass is 1150 g/mol. The average Bonchev–Trinajstić information content (AvgIpc) is 3.44. The van der Waals surface area contributed by atoms with E-state index in [1.54, 1.807) is 0 Å². The number of likely N-dealkylation sites (N-methyl/N-ethyl adjacent to an activating group) is 1. The molecule has 0 radical (unpaired) electrons. The molecule has 81 heavy (non-hydrogen) atoms. The number of esters is 1. The Labute approximate surface area is 499 Å². The number of ether oxygens (including phenoxy) is 1. The molecule has 0 saturated carbocycles. The largest absolute Gasteiger partial charge is 0.756 e. The number of phosphoric ester groups is 1. The van der Waals surface area contributed by atoms with Crippen LogP contribution in [0.25, 0.3) is 0 Å². The molecule has 0 fully saturated rings. The first-order valence-electron chi connectivity index (χ1n) is 32.8. The summed E-state index contributed by atoms with van der Waals surface area (Å²) in [6.07, 6.45) is 83.2. The SMILES string of the molecule is CC/C=C\C/C=C\C/C=C\C/C=C\C/C=C\C/C=C\CCCCC(=O)NC(COP(=O)([O-])OCC[N+](C)(C)C)C(/C=C/CCCCCCCCCCC)OC(=O)CCCCCCCCCCCC/C=C\C/C=C\C/C=C\CCCCC. The fraction of sp³-hybridized carbons (Fsp3) is 0.690. The van der Waals surface area contributed by atoms with Gasteiger partial charge in [-0.15, -0.1) is 0 Å². The fourth-order valence-corrected chi connectivity index (χ4v) is 9.55. The second kappa shape index (κ2) is 59.6. The third-order valence-corrected chi connectivity index (χ3v) is 14.8. The minimum atomic E-state index is -4.72. The van der Waals surface area contributed by atoms with Crippen LogP contribution in [0.15, 0.2) is 122 Å². The zero-order valence-electron chi connectivity index (χ0n) is 52.9. The molecule has 3 unspecified atom stereocenters. The van der Waals surface area contributed by atoms with Gasteiger partial charge in [-0.1, -0.05) is 252 Å². The van der Waals surface area contributed by atoms with Gasteiger partial charge in [-0.3, -0.25) is 14.2 Å². The molecular formula is C71H123N2O7P. The van der Waals surface area contributed by atoms with Crippen molar-refractivity contribution in [2.24, 2.45) is 0 Å². The highest BCUT2D eigenvalue weighted by molar-refractivity contribution is 7.45. The number of quaternary nitrogens is 1. The first kappa shape index (κ1) is 77.4. The number of rotatable bonds is 58. The summed E-state index contributed by atoms with van der Waals surface area (Å²) in [6, 6.07) is -0.922. The second-order valence-corrected chi connectivity index (χ2v) is 24.3. The molecule has 0 aromatic rings. The number of nitrogens with one attached hydrogen (secondary N) is 1. The van der Waals surface area contributed by atoms with Crippen molar-refractivity contribution in [1.29, 1.82) is 0 Å². The molecule has 9 nitrogen and oxygen atoms in total. The highest BCUT2D eigenvalue weighted by atomic mass is 31.2. The maximum absolute atomic E-state index is 13.5. The summed E-state index contributed by atoms with van der Waals surface area (Å²) in [5, 5.41) is 3.00. The van der Waals surface area contributed by atoms with Gasteiger partial charge < -0.3 is 28.5 Å². The van der Waals surface area contributed by atoms with Gasteiger partial charge in [-0.05, 0) is 122 Å². The summed E-state index contributed by atoms with van der Waals surface area (Å²) in [6.45, 7) is 6.65. The summed E-state index contributed by atoms with van der Waals surface area (Å²) in [5.41, 5.74) is 0. The lowest BCUT2D eigenvalue weighted by molar-refractivity contribution is -0.870. The number of carbonyl (C=O) groups excluding carboxylic acids is 2. The summed E-state index contributed by atoms with van der Waals surface area (Å²) in [5.74, 6) is -0.602. The molecule has 0 aliphatic rings. The van der Waals surface area contributed by atoms with E-state index in [4.69, 9.17) is 13.8 Å². The van der Waals surface area contributed by atoms with Crippen molar-refractivity contribution in [1.82, 2.24) is 5.32 Å². The minimum absolute atomic E-state index is 0.0378. The number of carbonyl (C=O) groups is 2. The highest BCUT2D eigenvalue weighted by Crippen LogP contribution is 2.38. The van der Waals surface area contributed by atoms with E-state index in [0.717, 1.165) is 109 Å². The lowest BCUT2D eigenvalue weighted by Crippen LogP contribution is -2.47. The van der Waals surface area contributed by atoms with E-state index in [9.17, 15) is 19.0 Å². The van der Waals surface area contributed by atoms with Crippen LogP contribution in [0.2, 0.25) is 0 Å². The minimum Gasteiger partial charge on any atom is -0.756 e. The first-order chi connectivity index (χ1) is 39.4. The quantitative estimate of drug-likeness (QED) is 0.0212. The Balaban J connectivity index is 5.23. The number of hydrogen-bond acceptors (Lipinski definition) is 7. The zero-order chi connectivity index (χ0) is 59.3. The van der Waals surface area contributed by atoms with Crippen LogP contribution in [0, 0.1) is 0 Å². The molecule has 0 heterocycles. The van der Waals surface area contributed by atoms with Gasteiger partial charge in [0.2, 0.25) is 5.91 Å². The van der Waals surface area contributed by atoms with Crippen LogP contribution in [-0.2, 0) is 27.9 Å². The second-order valence-electron chi connectivity index (χ2n) is 22.9. The maximum atomic E-state index is 13.5. The van der Waals surface area contributed by atoms with Crippen molar-refractivity contribution in [2.75, 3.05) is 40.9 Å². The number of hydrogen-bond donors (Lipinski definition) is 1. The van der Waals surface area contributed by atoms with Crippen molar-refractivity contribution in [3.8, 4) is 0 Å². The number of unbranched alkanes of at least 4 members (excludes halogenated alkanes) is 24. The molecule has 0 aromatic carbocycles. The van der Waals surface area contributed by atoms with Crippen LogP contribution >= 0.6 is 7.82 Å². The molecule has 1 amide bonds. The predicted octanol–water partition coefficient (Wildman–Crippen LogP) is 20.0. The van der Waals surface area contributed by atoms with Crippen molar-refractivity contribution >= 4 is 19.7 Å². The number of amides is 1. The van der Waals surface area contributed by atoms with E-state index in [2.05, 4.69) is 135 Å². The predicted molar refractivity (Wildman–Crippen MR) is 348 cm³/mol. The van der Waals surface area contributed by atoms with Gasteiger partial charge in [-0.2, -0.15) is 0 Å². The summed E-state index contributed by atoms with van der Waals surface area (Å²) >= 11 is 0. The van der Waals surface area contributed by atoms with Crippen LogP contribution in [0.3, 0.4) is 0 Å². The normalized spacial score (nSPS) is 14.4. The van der Waals surface area contributed by atoms with Crippen LogP contribution in [-0.4, -0.2) is 69.4 Å². The fourth-order valence-electron chi connectivity index (χ4n) is 8.83. The molecule has 1 N–H and O–H groups in total. The van der Waals surface area contributed by atoms with E-state index in [1.165, 1.54) is 109 Å². The van der Waals surface area contributed by atoms with Gasteiger partial charge in [0, 0.05) is 12.8 Å².